The van der Waals surface area contributed by atoms with Crippen LogP contribution in [0.5, 0.6) is 0 Å². The van der Waals surface area contributed by atoms with E-state index in [2.05, 4.69) is 15.4 Å². The van der Waals surface area contributed by atoms with Crippen LogP contribution in [0.15, 0.2) is 35.1 Å². The summed E-state index contributed by atoms with van der Waals surface area (Å²) in [6.07, 6.45) is 0.154. The highest BCUT2D eigenvalue weighted by atomic mass is 19.1. The number of aryl methyl sites for hydroxylation is 3. The second-order valence-corrected chi connectivity index (χ2v) is 6.93. The molecule has 3 aromatic rings. The Morgan fingerprint density at radius 3 is 2.46 bits per heavy atom. The fraction of sp³-hybridized carbons (Fsp3) is 0.286. The first-order valence-electron chi connectivity index (χ1n) is 9.03. The highest BCUT2D eigenvalue weighted by Crippen LogP contribution is 2.19. The molecule has 0 aliphatic carbocycles. The average Bonchev–Trinajstić information content (AvgIpc) is 2.89. The number of amides is 1. The molecule has 7 heteroatoms. The summed E-state index contributed by atoms with van der Waals surface area (Å²) in [5.74, 6) is -0.504. The van der Waals surface area contributed by atoms with Gasteiger partial charge in [-0.15, -0.1) is 0 Å². The van der Waals surface area contributed by atoms with Crippen molar-refractivity contribution in [3.63, 3.8) is 0 Å². The Kier molecular flexibility index (Phi) is 5.44. The number of hydrogen-bond acceptors (Lipinski definition) is 3. The van der Waals surface area contributed by atoms with Crippen LogP contribution < -0.4 is 10.9 Å². The third-order valence-electron chi connectivity index (χ3n) is 4.81. The first-order valence-corrected chi connectivity index (χ1v) is 9.03. The van der Waals surface area contributed by atoms with Gasteiger partial charge in [0.1, 0.15) is 5.82 Å². The van der Waals surface area contributed by atoms with Gasteiger partial charge in [0.2, 0.25) is 5.91 Å². The lowest BCUT2D eigenvalue weighted by atomic mass is 10.1. The standard InChI is InChI=1S/C21H23FN4O2/c1-12-9-13(2)24-21(28)19(12)11-23-20(27)10-18-14(3)25-26(15(18)4)17-7-5-16(22)6-8-17/h5-9H,10-11H2,1-4H3,(H,23,27)(H,24,28). The third-order valence-corrected chi connectivity index (χ3v) is 4.81. The molecule has 1 amide bonds. The van der Waals surface area contributed by atoms with E-state index in [0.29, 0.717) is 5.56 Å². The van der Waals surface area contributed by atoms with E-state index in [4.69, 9.17) is 0 Å². The van der Waals surface area contributed by atoms with Gasteiger partial charge in [-0.2, -0.15) is 5.10 Å². The molecule has 2 heterocycles. The molecule has 0 radical (unpaired) electrons. The number of nitrogens with zero attached hydrogens (tertiary/aromatic N) is 2. The van der Waals surface area contributed by atoms with Gasteiger partial charge in [0.15, 0.2) is 0 Å². The minimum atomic E-state index is -0.314. The molecule has 0 fully saturated rings. The summed E-state index contributed by atoms with van der Waals surface area (Å²) in [5.41, 5.74) is 5.11. The van der Waals surface area contributed by atoms with E-state index in [1.54, 1.807) is 16.8 Å². The molecular formula is C21H23FN4O2. The van der Waals surface area contributed by atoms with Crippen molar-refractivity contribution in [1.82, 2.24) is 20.1 Å². The van der Waals surface area contributed by atoms with Crippen molar-refractivity contribution < 1.29 is 9.18 Å². The zero-order chi connectivity index (χ0) is 20.4. The van der Waals surface area contributed by atoms with Gasteiger partial charge >= 0.3 is 0 Å². The lowest BCUT2D eigenvalue weighted by Crippen LogP contribution is -2.29. The Morgan fingerprint density at radius 1 is 1.14 bits per heavy atom. The number of hydrogen-bond donors (Lipinski definition) is 2. The number of pyridine rings is 1. The molecule has 28 heavy (non-hydrogen) atoms. The molecule has 2 N–H and O–H groups in total. The molecule has 6 nitrogen and oxygen atoms in total. The number of halogens is 1. The lowest BCUT2D eigenvalue weighted by Gasteiger charge is -2.09. The second-order valence-electron chi connectivity index (χ2n) is 6.93. The van der Waals surface area contributed by atoms with Crippen molar-refractivity contribution in [3.8, 4) is 5.69 Å². The van der Waals surface area contributed by atoms with Crippen molar-refractivity contribution in [2.75, 3.05) is 0 Å². The van der Waals surface area contributed by atoms with Crippen molar-refractivity contribution >= 4 is 5.91 Å². The zero-order valence-corrected chi connectivity index (χ0v) is 16.4. The Balaban J connectivity index is 1.74. The Labute approximate surface area is 162 Å². The highest BCUT2D eigenvalue weighted by molar-refractivity contribution is 5.79. The van der Waals surface area contributed by atoms with Crippen LogP contribution in [-0.4, -0.2) is 20.7 Å². The minimum Gasteiger partial charge on any atom is -0.352 e. The Morgan fingerprint density at radius 2 is 1.82 bits per heavy atom. The van der Waals surface area contributed by atoms with Gasteiger partial charge in [0.25, 0.3) is 5.56 Å². The normalized spacial score (nSPS) is 10.9. The van der Waals surface area contributed by atoms with Crippen LogP contribution in [0.1, 0.15) is 33.8 Å². The van der Waals surface area contributed by atoms with Crippen molar-refractivity contribution in [3.05, 3.63) is 80.3 Å². The molecule has 0 spiro atoms. The molecule has 0 saturated carbocycles. The first kappa shape index (κ1) is 19.5. The molecule has 2 aromatic heterocycles. The van der Waals surface area contributed by atoms with Crippen molar-refractivity contribution in [1.29, 1.82) is 0 Å². The smallest absolute Gasteiger partial charge is 0.253 e. The van der Waals surface area contributed by atoms with Crippen LogP contribution in [0.2, 0.25) is 0 Å². The van der Waals surface area contributed by atoms with Gasteiger partial charge in [-0.25, -0.2) is 9.07 Å². The van der Waals surface area contributed by atoms with Gasteiger partial charge in [-0.1, -0.05) is 0 Å². The molecule has 0 unspecified atom stereocenters. The van der Waals surface area contributed by atoms with Crippen molar-refractivity contribution in [2.24, 2.45) is 0 Å². The largest absolute Gasteiger partial charge is 0.352 e. The topological polar surface area (TPSA) is 79.8 Å². The highest BCUT2D eigenvalue weighted by Gasteiger charge is 2.16. The van der Waals surface area contributed by atoms with Crippen LogP contribution in [0.25, 0.3) is 5.69 Å². The van der Waals surface area contributed by atoms with Gasteiger partial charge < -0.3 is 10.3 Å². The number of nitrogens with one attached hydrogen (secondary N) is 2. The van der Waals surface area contributed by atoms with Gasteiger partial charge in [0.05, 0.1) is 17.8 Å². The summed E-state index contributed by atoms with van der Waals surface area (Å²) < 4.78 is 14.9. The molecule has 0 aliphatic rings. The summed E-state index contributed by atoms with van der Waals surface area (Å²) >= 11 is 0. The van der Waals surface area contributed by atoms with E-state index in [1.807, 2.05) is 33.8 Å². The summed E-state index contributed by atoms with van der Waals surface area (Å²) in [5, 5.41) is 7.29. The summed E-state index contributed by atoms with van der Waals surface area (Å²) in [4.78, 5) is 27.3. The predicted octanol–water partition coefficient (Wildman–Crippen LogP) is 2.79. The van der Waals surface area contributed by atoms with Crippen LogP contribution in [-0.2, 0) is 17.8 Å². The quantitative estimate of drug-likeness (QED) is 0.712. The molecule has 0 bridgehead atoms. The Bertz CT molecular complexity index is 1080. The predicted molar refractivity (Wildman–Crippen MR) is 105 cm³/mol. The maximum absolute atomic E-state index is 13.2. The number of carbonyl (C=O) groups excluding carboxylic acids is 1. The zero-order valence-electron chi connectivity index (χ0n) is 16.4. The van der Waals surface area contributed by atoms with Gasteiger partial charge in [-0.05, 0) is 63.6 Å². The summed E-state index contributed by atoms with van der Waals surface area (Å²) in [6.45, 7) is 7.56. The second kappa shape index (κ2) is 7.80. The van der Waals surface area contributed by atoms with E-state index in [9.17, 15) is 14.0 Å². The SMILES string of the molecule is Cc1cc(C)c(CNC(=O)Cc2c(C)nn(-c3ccc(F)cc3)c2C)c(=O)[nH]1. The average molecular weight is 382 g/mol. The van der Waals surface area contributed by atoms with Crippen LogP contribution in [0, 0.1) is 33.5 Å². The van der Waals surface area contributed by atoms with E-state index >= 15 is 0 Å². The fourth-order valence-electron chi connectivity index (χ4n) is 3.28. The van der Waals surface area contributed by atoms with Crippen LogP contribution in [0.3, 0.4) is 0 Å². The first-order chi connectivity index (χ1) is 13.3. The third kappa shape index (κ3) is 4.03. The minimum absolute atomic E-state index is 0.154. The van der Waals surface area contributed by atoms with Crippen LogP contribution in [0.4, 0.5) is 4.39 Å². The summed E-state index contributed by atoms with van der Waals surface area (Å²) in [7, 11) is 0. The number of carbonyl (C=O) groups is 1. The van der Waals surface area contributed by atoms with E-state index in [-0.39, 0.29) is 30.2 Å². The molecular weight excluding hydrogens is 359 g/mol. The maximum atomic E-state index is 13.2. The molecule has 0 saturated heterocycles. The van der Waals surface area contributed by atoms with E-state index in [1.165, 1.54) is 12.1 Å². The van der Waals surface area contributed by atoms with Gasteiger partial charge in [-0.3, -0.25) is 9.59 Å². The van der Waals surface area contributed by atoms with Crippen molar-refractivity contribution in [2.45, 2.75) is 40.7 Å². The fourth-order valence-corrected chi connectivity index (χ4v) is 3.28. The number of rotatable bonds is 5. The lowest BCUT2D eigenvalue weighted by molar-refractivity contribution is -0.120. The molecule has 0 aliphatic heterocycles. The number of H-pyrrole nitrogens is 1. The van der Waals surface area contributed by atoms with E-state index in [0.717, 1.165) is 33.9 Å². The maximum Gasteiger partial charge on any atom is 0.253 e. The number of aromatic nitrogens is 3. The molecule has 0 atom stereocenters. The molecule has 1 aromatic carbocycles. The Hall–Kier alpha value is -3.22. The molecule has 3 rings (SSSR count). The summed E-state index contributed by atoms with van der Waals surface area (Å²) in [6, 6.07) is 7.92. The van der Waals surface area contributed by atoms with E-state index < -0.39 is 0 Å². The van der Waals surface area contributed by atoms with Gasteiger partial charge in [0, 0.05) is 29.1 Å². The number of benzene rings is 1. The van der Waals surface area contributed by atoms with Crippen LogP contribution >= 0.6 is 0 Å². The monoisotopic (exact) mass is 382 g/mol. The number of aromatic amines is 1. The molecule has 146 valence electrons.